The van der Waals surface area contributed by atoms with E-state index in [1.54, 1.807) is 5.06 Å². The number of unbranched alkanes of at least 4 members (excludes halogenated alkanes) is 1. The Balaban J connectivity index is 2.07. The van der Waals surface area contributed by atoms with E-state index in [1.165, 1.54) is 17.3 Å². The fraction of sp³-hybridized carbons (Fsp3) is 0.462. The highest BCUT2D eigenvalue weighted by molar-refractivity contribution is 8.22. The Bertz CT molecular complexity index is 329. The topological polar surface area (TPSA) is 12.5 Å². The van der Waals surface area contributed by atoms with Crippen LogP contribution in [0, 0.1) is 0 Å². The third kappa shape index (κ3) is 6.05. The molecule has 0 aromatic heterocycles. The lowest BCUT2D eigenvalue weighted by Gasteiger charge is -2.17. The summed E-state index contributed by atoms with van der Waals surface area (Å²) in [6.45, 7) is 0.726. The van der Waals surface area contributed by atoms with Gasteiger partial charge in [-0.3, -0.25) is 4.84 Å². The number of rotatable bonds is 6. The van der Waals surface area contributed by atoms with Crippen LogP contribution in [0.3, 0.4) is 0 Å². The van der Waals surface area contributed by atoms with Crippen molar-refractivity contribution in [2.45, 2.75) is 19.3 Å². The zero-order valence-electron chi connectivity index (χ0n) is 10.4. The smallest absolute Gasteiger partial charge is 0.159 e. The van der Waals surface area contributed by atoms with E-state index in [0.29, 0.717) is 0 Å². The number of hydroxylamine groups is 2. The van der Waals surface area contributed by atoms with Gasteiger partial charge >= 0.3 is 0 Å². The number of hydrogen-bond acceptors (Lipinski definition) is 3. The van der Waals surface area contributed by atoms with Crippen molar-refractivity contribution in [1.82, 2.24) is 5.06 Å². The molecule has 2 nitrogen and oxygen atoms in total. The Labute approximate surface area is 113 Å². The fourth-order valence-electron chi connectivity index (χ4n) is 1.46. The average Bonchev–Trinajstić information content (AvgIpc) is 2.38. The van der Waals surface area contributed by atoms with Gasteiger partial charge in [0.2, 0.25) is 0 Å². The summed E-state index contributed by atoms with van der Waals surface area (Å²) in [6, 6.07) is 10.5. The normalized spacial score (nSPS) is 10.2. The number of thiocarbonyl (C=S) groups is 1. The molecule has 0 radical (unpaired) electrons. The van der Waals surface area contributed by atoms with Crippen LogP contribution in [0.25, 0.3) is 0 Å². The monoisotopic (exact) mass is 269 g/mol. The predicted octanol–water partition coefficient (Wildman–Crippen LogP) is 3.52. The van der Waals surface area contributed by atoms with Crippen LogP contribution in [-0.4, -0.2) is 29.3 Å². The van der Waals surface area contributed by atoms with Gasteiger partial charge < -0.3 is 0 Å². The summed E-state index contributed by atoms with van der Waals surface area (Å²) in [6.07, 6.45) is 5.26. The first-order chi connectivity index (χ1) is 8.24. The van der Waals surface area contributed by atoms with E-state index in [2.05, 4.69) is 24.3 Å². The van der Waals surface area contributed by atoms with Crippen molar-refractivity contribution < 1.29 is 4.84 Å². The second-order valence-electron chi connectivity index (χ2n) is 3.74. The van der Waals surface area contributed by atoms with Gasteiger partial charge in [0.15, 0.2) is 4.32 Å². The molecule has 1 aromatic rings. The second kappa shape index (κ2) is 8.50. The maximum absolute atomic E-state index is 5.50. The summed E-state index contributed by atoms with van der Waals surface area (Å²) in [5.41, 5.74) is 1.39. The Morgan fingerprint density at radius 2 is 2.00 bits per heavy atom. The summed E-state index contributed by atoms with van der Waals surface area (Å²) in [5, 5.41) is 1.67. The van der Waals surface area contributed by atoms with Gasteiger partial charge in [-0.15, -0.1) is 0 Å². The summed E-state index contributed by atoms with van der Waals surface area (Å²) in [5.74, 6) is 0. The van der Waals surface area contributed by atoms with Crippen LogP contribution in [0.15, 0.2) is 30.3 Å². The molecule has 0 unspecified atom stereocenters. The molecule has 0 saturated carbocycles. The number of aryl methyl sites for hydroxylation is 1. The zero-order valence-corrected chi connectivity index (χ0v) is 12.0. The van der Waals surface area contributed by atoms with Crippen LogP contribution >= 0.6 is 24.0 Å². The van der Waals surface area contributed by atoms with Crippen molar-refractivity contribution in [2.24, 2.45) is 0 Å². The molecule has 0 aliphatic carbocycles. The SMILES string of the molecule is CSC(=S)N(C)OCCCCc1ccccc1. The Hall–Kier alpha value is -0.580. The summed E-state index contributed by atoms with van der Waals surface area (Å²) in [7, 11) is 1.86. The maximum atomic E-state index is 5.50. The van der Waals surface area contributed by atoms with Crippen molar-refractivity contribution in [3.8, 4) is 0 Å². The Morgan fingerprint density at radius 3 is 2.65 bits per heavy atom. The minimum Gasteiger partial charge on any atom is -0.272 e. The molecule has 0 saturated heterocycles. The predicted molar refractivity (Wildman–Crippen MR) is 79.2 cm³/mol. The molecule has 0 spiro atoms. The second-order valence-corrected chi connectivity index (χ2v) is 5.18. The number of hydrogen-bond donors (Lipinski definition) is 0. The van der Waals surface area contributed by atoms with E-state index in [9.17, 15) is 0 Å². The molecule has 0 bridgehead atoms. The first-order valence-corrected chi connectivity index (χ1v) is 7.36. The van der Waals surface area contributed by atoms with Crippen LogP contribution in [0.5, 0.6) is 0 Å². The van der Waals surface area contributed by atoms with E-state index in [-0.39, 0.29) is 0 Å². The third-order valence-electron chi connectivity index (χ3n) is 2.42. The first kappa shape index (κ1) is 14.5. The van der Waals surface area contributed by atoms with Crippen LogP contribution < -0.4 is 0 Å². The highest BCUT2D eigenvalue weighted by atomic mass is 32.2. The molecule has 0 N–H and O–H groups in total. The maximum Gasteiger partial charge on any atom is 0.159 e. The van der Waals surface area contributed by atoms with E-state index in [1.807, 2.05) is 19.4 Å². The van der Waals surface area contributed by atoms with E-state index in [4.69, 9.17) is 17.1 Å². The molecule has 4 heteroatoms. The molecule has 0 aliphatic rings. The van der Waals surface area contributed by atoms with Gasteiger partial charge in [0.05, 0.1) is 6.61 Å². The summed E-state index contributed by atoms with van der Waals surface area (Å²) < 4.78 is 0.771. The highest BCUT2D eigenvalue weighted by Gasteiger charge is 2.02. The van der Waals surface area contributed by atoms with Crippen molar-refractivity contribution in [1.29, 1.82) is 0 Å². The molecule has 0 atom stereocenters. The average molecular weight is 269 g/mol. The van der Waals surface area contributed by atoms with Crippen molar-refractivity contribution >= 4 is 28.3 Å². The fourth-order valence-corrected chi connectivity index (χ4v) is 1.82. The quantitative estimate of drug-likeness (QED) is 0.445. The minimum atomic E-state index is 0.726. The number of thioether (sulfide) groups is 1. The zero-order chi connectivity index (χ0) is 12.5. The van der Waals surface area contributed by atoms with Crippen LogP contribution in [0.2, 0.25) is 0 Å². The molecular weight excluding hydrogens is 250 g/mol. The molecule has 0 amide bonds. The van der Waals surface area contributed by atoms with Crippen molar-refractivity contribution in [3.05, 3.63) is 35.9 Å². The lowest BCUT2D eigenvalue weighted by molar-refractivity contribution is -0.0756. The standard InChI is InChI=1S/C13H19NOS2/c1-14(13(16)17-2)15-11-7-6-10-12-8-4-3-5-9-12/h3-5,8-9H,6-7,10-11H2,1-2H3. The number of nitrogens with zero attached hydrogens (tertiary/aromatic N) is 1. The Kier molecular flexibility index (Phi) is 7.24. The third-order valence-corrected chi connectivity index (χ3v) is 3.78. The molecule has 0 fully saturated rings. The van der Waals surface area contributed by atoms with Gasteiger partial charge in [-0.2, -0.15) is 0 Å². The van der Waals surface area contributed by atoms with E-state index >= 15 is 0 Å². The van der Waals surface area contributed by atoms with Crippen molar-refractivity contribution in [2.75, 3.05) is 19.9 Å². The molecule has 17 heavy (non-hydrogen) atoms. The van der Waals surface area contributed by atoms with Crippen LogP contribution in [0.4, 0.5) is 0 Å². The highest BCUT2D eigenvalue weighted by Crippen LogP contribution is 2.07. The van der Waals surface area contributed by atoms with Gasteiger partial charge in [-0.25, -0.2) is 5.06 Å². The van der Waals surface area contributed by atoms with Gasteiger partial charge in [0.1, 0.15) is 0 Å². The van der Waals surface area contributed by atoms with E-state index < -0.39 is 0 Å². The first-order valence-electron chi connectivity index (χ1n) is 5.72. The van der Waals surface area contributed by atoms with Gasteiger partial charge in [-0.1, -0.05) is 54.3 Å². The molecular formula is C13H19NOS2. The van der Waals surface area contributed by atoms with Gasteiger partial charge in [0, 0.05) is 7.05 Å². The summed E-state index contributed by atoms with van der Waals surface area (Å²) >= 11 is 6.62. The molecule has 1 rings (SSSR count). The molecule has 1 aromatic carbocycles. The largest absolute Gasteiger partial charge is 0.272 e. The van der Waals surface area contributed by atoms with Crippen LogP contribution in [0.1, 0.15) is 18.4 Å². The Morgan fingerprint density at radius 1 is 1.29 bits per heavy atom. The molecule has 0 heterocycles. The van der Waals surface area contributed by atoms with Gasteiger partial charge in [0.25, 0.3) is 0 Å². The van der Waals surface area contributed by atoms with E-state index in [0.717, 1.165) is 30.2 Å². The number of benzene rings is 1. The van der Waals surface area contributed by atoms with Crippen molar-refractivity contribution in [3.63, 3.8) is 0 Å². The molecule has 94 valence electrons. The minimum absolute atomic E-state index is 0.726. The van der Waals surface area contributed by atoms with Gasteiger partial charge in [-0.05, 0) is 31.1 Å². The molecule has 0 aliphatic heterocycles. The summed E-state index contributed by atoms with van der Waals surface area (Å²) in [4.78, 5) is 5.50. The lowest BCUT2D eigenvalue weighted by Crippen LogP contribution is -2.23. The van der Waals surface area contributed by atoms with Crippen LogP contribution in [-0.2, 0) is 11.3 Å². The lowest BCUT2D eigenvalue weighted by atomic mass is 10.1.